The van der Waals surface area contributed by atoms with Gasteiger partial charge < -0.3 is 9.64 Å². The van der Waals surface area contributed by atoms with Crippen LogP contribution in [-0.4, -0.2) is 36.1 Å². The van der Waals surface area contributed by atoms with E-state index in [-0.39, 0.29) is 18.0 Å². The number of morpholine rings is 1. The second-order valence-corrected chi connectivity index (χ2v) is 3.16. The van der Waals surface area contributed by atoms with Gasteiger partial charge in [-0.15, -0.1) is 0 Å². The molecule has 2 unspecified atom stereocenters. The van der Waals surface area contributed by atoms with Crippen LogP contribution in [0.4, 0.5) is 0 Å². The largest absolute Gasteiger partial charge is 0.377 e. The van der Waals surface area contributed by atoms with E-state index in [1.54, 1.807) is 6.92 Å². The molecule has 3 heteroatoms. The number of rotatable bonds is 0. The average molecular weight is 157 g/mol. The molecule has 2 atom stereocenters. The Morgan fingerprint density at radius 3 is 2.09 bits per heavy atom. The van der Waals surface area contributed by atoms with Crippen molar-refractivity contribution in [1.82, 2.24) is 4.90 Å². The fourth-order valence-electron chi connectivity index (χ4n) is 1.62. The number of carbonyl (C=O) groups is 1. The molecular weight excluding hydrogens is 142 g/mol. The third-order valence-electron chi connectivity index (χ3n) is 2.03. The lowest BCUT2D eigenvalue weighted by atomic mass is 10.2. The van der Waals surface area contributed by atoms with Crippen molar-refractivity contribution in [3.8, 4) is 0 Å². The Balaban J connectivity index is 2.62. The van der Waals surface area contributed by atoms with Gasteiger partial charge in [-0.25, -0.2) is 0 Å². The molecule has 0 spiro atoms. The predicted molar refractivity (Wildman–Crippen MR) is 42.3 cm³/mol. The van der Waals surface area contributed by atoms with Crippen LogP contribution >= 0.6 is 0 Å². The normalized spacial score (nSPS) is 32.1. The van der Waals surface area contributed by atoms with Crippen LogP contribution in [-0.2, 0) is 9.53 Å². The van der Waals surface area contributed by atoms with Crippen molar-refractivity contribution in [2.75, 3.05) is 13.2 Å². The first kappa shape index (κ1) is 8.53. The summed E-state index contributed by atoms with van der Waals surface area (Å²) in [7, 11) is 0. The third-order valence-corrected chi connectivity index (χ3v) is 2.03. The fraction of sp³-hybridized carbons (Fsp3) is 0.875. The Kier molecular flexibility index (Phi) is 2.49. The van der Waals surface area contributed by atoms with Gasteiger partial charge in [0.25, 0.3) is 0 Å². The molecule has 0 aliphatic carbocycles. The number of amides is 1. The van der Waals surface area contributed by atoms with E-state index < -0.39 is 0 Å². The van der Waals surface area contributed by atoms with E-state index in [1.165, 1.54) is 0 Å². The molecule has 1 saturated heterocycles. The maximum Gasteiger partial charge on any atom is 0.220 e. The van der Waals surface area contributed by atoms with Crippen LogP contribution < -0.4 is 0 Å². The molecule has 64 valence electrons. The van der Waals surface area contributed by atoms with Gasteiger partial charge in [-0.2, -0.15) is 0 Å². The van der Waals surface area contributed by atoms with Gasteiger partial charge in [0.2, 0.25) is 5.91 Å². The highest BCUT2D eigenvalue weighted by Crippen LogP contribution is 2.12. The summed E-state index contributed by atoms with van der Waals surface area (Å²) in [6, 6.07) is 0.465. The highest BCUT2D eigenvalue weighted by molar-refractivity contribution is 5.74. The van der Waals surface area contributed by atoms with Gasteiger partial charge >= 0.3 is 0 Å². The van der Waals surface area contributed by atoms with E-state index >= 15 is 0 Å². The van der Waals surface area contributed by atoms with Crippen molar-refractivity contribution >= 4 is 5.91 Å². The van der Waals surface area contributed by atoms with Crippen LogP contribution in [0.1, 0.15) is 20.8 Å². The molecule has 11 heavy (non-hydrogen) atoms. The number of carbonyl (C=O) groups excluding carboxylic acids is 1. The molecule has 1 amide bonds. The van der Waals surface area contributed by atoms with Crippen molar-refractivity contribution in [2.24, 2.45) is 0 Å². The van der Waals surface area contributed by atoms with Crippen molar-refractivity contribution in [1.29, 1.82) is 0 Å². The van der Waals surface area contributed by atoms with Crippen LogP contribution in [0.2, 0.25) is 0 Å². The van der Waals surface area contributed by atoms with Crippen molar-refractivity contribution in [3.63, 3.8) is 0 Å². The number of nitrogens with zero attached hydrogens (tertiary/aromatic N) is 1. The SMILES string of the molecule is CC(=O)N1C(C)COCC1C. The summed E-state index contributed by atoms with van der Waals surface area (Å²) in [6.45, 7) is 6.97. The highest BCUT2D eigenvalue weighted by atomic mass is 16.5. The van der Waals surface area contributed by atoms with E-state index in [0.29, 0.717) is 13.2 Å². The van der Waals surface area contributed by atoms with Gasteiger partial charge in [-0.05, 0) is 13.8 Å². The van der Waals surface area contributed by atoms with Gasteiger partial charge in [-0.3, -0.25) is 4.79 Å². The lowest BCUT2D eigenvalue weighted by Crippen LogP contribution is -2.51. The zero-order valence-corrected chi connectivity index (χ0v) is 7.33. The third kappa shape index (κ3) is 1.71. The predicted octanol–water partition coefficient (Wildman–Crippen LogP) is 0.642. The lowest BCUT2D eigenvalue weighted by molar-refractivity contribution is -0.141. The molecule has 0 aromatic rings. The molecule has 1 heterocycles. The molecule has 0 N–H and O–H groups in total. The molecule has 0 aromatic heterocycles. The molecule has 0 aromatic carbocycles. The maximum atomic E-state index is 11.1. The van der Waals surface area contributed by atoms with Crippen molar-refractivity contribution in [3.05, 3.63) is 0 Å². The maximum absolute atomic E-state index is 11.1. The molecular formula is C8H15NO2. The zero-order chi connectivity index (χ0) is 8.43. The Morgan fingerprint density at radius 2 is 1.82 bits per heavy atom. The monoisotopic (exact) mass is 157 g/mol. The second-order valence-electron chi connectivity index (χ2n) is 3.16. The Labute approximate surface area is 67.3 Å². The van der Waals surface area contributed by atoms with E-state index in [4.69, 9.17) is 4.74 Å². The molecule has 1 rings (SSSR count). The van der Waals surface area contributed by atoms with E-state index in [9.17, 15) is 4.79 Å². The minimum atomic E-state index is 0.147. The van der Waals surface area contributed by atoms with E-state index in [2.05, 4.69) is 0 Å². The topological polar surface area (TPSA) is 29.5 Å². The lowest BCUT2D eigenvalue weighted by Gasteiger charge is -2.38. The van der Waals surface area contributed by atoms with Gasteiger partial charge in [0.1, 0.15) is 0 Å². The molecule has 0 saturated carbocycles. The first-order valence-corrected chi connectivity index (χ1v) is 3.99. The standard InChI is InChI=1S/C8H15NO2/c1-6-4-11-5-7(2)9(6)8(3)10/h6-7H,4-5H2,1-3H3. The van der Waals surface area contributed by atoms with Crippen molar-refractivity contribution in [2.45, 2.75) is 32.9 Å². The Hall–Kier alpha value is -0.570. The van der Waals surface area contributed by atoms with E-state index in [1.807, 2.05) is 18.7 Å². The van der Waals surface area contributed by atoms with E-state index in [0.717, 1.165) is 0 Å². The van der Waals surface area contributed by atoms with Crippen molar-refractivity contribution < 1.29 is 9.53 Å². The van der Waals surface area contributed by atoms with Gasteiger partial charge in [0.15, 0.2) is 0 Å². The Bertz CT molecular complexity index is 148. The quantitative estimate of drug-likeness (QED) is 0.516. The fourth-order valence-corrected chi connectivity index (χ4v) is 1.62. The molecule has 0 radical (unpaired) electrons. The van der Waals surface area contributed by atoms with Gasteiger partial charge in [0.05, 0.1) is 25.3 Å². The summed E-state index contributed by atoms with van der Waals surface area (Å²) in [5.74, 6) is 0.147. The average Bonchev–Trinajstić information content (AvgIpc) is 1.85. The number of ether oxygens (including phenoxy) is 1. The summed E-state index contributed by atoms with van der Waals surface area (Å²) in [5, 5.41) is 0. The smallest absolute Gasteiger partial charge is 0.220 e. The number of hydrogen-bond acceptors (Lipinski definition) is 2. The molecule has 3 nitrogen and oxygen atoms in total. The van der Waals surface area contributed by atoms with Gasteiger partial charge in [-0.1, -0.05) is 0 Å². The highest BCUT2D eigenvalue weighted by Gasteiger charge is 2.26. The summed E-state index contributed by atoms with van der Waals surface area (Å²) in [5.41, 5.74) is 0. The summed E-state index contributed by atoms with van der Waals surface area (Å²) < 4.78 is 5.28. The minimum Gasteiger partial charge on any atom is -0.377 e. The molecule has 0 bridgehead atoms. The summed E-state index contributed by atoms with van der Waals surface area (Å²) in [6.07, 6.45) is 0. The van der Waals surface area contributed by atoms with Gasteiger partial charge in [0, 0.05) is 6.92 Å². The van der Waals surface area contributed by atoms with Crippen LogP contribution in [0.5, 0.6) is 0 Å². The molecule has 1 aliphatic heterocycles. The molecule has 1 fully saturated rings. The van der Waals surface area contributed by atoms with Crippen LogP contribution in [0.3, 0.4) is 0 Å². The minimum absolute atomic E-state index is 0.147. The first-order valence-electron chi connectivity index (χ1n) is 3.99. The van der Waals surface area contributed by atoms with Crippen LogP contribution in [0.25, 0.3) is 0 Å². The number of hydrogen-bond donors (Lipinski definition) is 0. The summed E-state index contributed by atoms with van der Waals surface area (Å²) in [4.78, 5) is 13.0. The first-order chi connectivity index (χ1) is 5.13. The Morgan fingerprint density at radius 1 is 1.36 bits per heavy atom. The van der Waals surface area contributed by atoms with Crippen LogP contribution in [0, 0.1) is 0 Å². The zero-order valence-electron chi connectivity index (χ0n) is 7.33. The second kappa shape index (κ2) is 3.22. The van der Waals surface area contributed by atoms with Crippen LogP contribution in [0.15, 0.2) is 0 Å². The molecule has 1 aliphatic rings. The summed E-state index contributed by atoms with van der Waals surface area (Å²) >= 11 is 0.